The monoisotopic (exact) mass is 278 g/mol. The zero-order chi connectivity index (χ0) is 14.5. The van der Waals surface area contributed by atoms with Crippen LogP contribution in [0.1, 0.15) is 64.6 Å². The first-order chi connectivity index (χ1) is 9.63. The molecule has 0 aromatic carbocycles. The van der Waals surface area contributed by atoms with E-state index < -0.39 is 0 Å². The predicted molar refractivity (Wildman–Crippen MR) is 83.2 cm³/mol. The van der Waals surface area contributed by atoms with Gasteiger partial charge in [0.1, 0.15) is 0 Å². The van der Waals surface area contributed by atoms with Gasteiger partial charge in [-0.2, -0.15) is 5.10 Å². The van der Waals surface area contributed by atoms with Crippen molar-refractivity contribution >= 4 is 0 Å². The Morgan fingerprint density at radius 2 is 2.10 bits per heavy atom. The fourth-order valence-corrected chi connectivity index (χ4v) is 3.19. The topological polar surface area (TPSA) is 55.9 Å². The van der Waals surface area contributed by atoms with E-state index in [1.807, 2.05) is 0 Å². The molecule has 1 saturated carbocycles. The van der Waals surface area contributed by atoms with Gasteiger partial charge in [-0.25, -0.2) is 0 Å². The molecule has 0 bridgehead atoms. The number of hydrazine groups is 1. The number of nitrogens with one attached hydrogen (secondary N) is 1. The predicted octanol–water partition coefficient (Wildman–Crippen LogP) is 3.05. The van der Waals surface area contributed by atoms with Gasteiger partial charge < -0.3 is 0 Å². The van der Waals surface area contributed by atoms with Gasteiger partial charge in [0.05, 0.1) is 5.69 Å². The summed E-state index contributed by atoms with van der Waals surface area (Å²) in [6, 6.07) is 2.98. The lowest BCUT2D eigenvalue weighted by Crippen LogP contribution is -2.43. The summed E-state index contributed by atoms with van der Waals surface area (Å²) in [7, 11) is 0. The van der Waals surface area contributed by atoms with E-state index in [2.05, 4.69) is 43.1 Å². The van der Waals surface area contributed by atoms with Crippen LogP contribution in [0.4, 0.5) is 0 Å². The van der Waals surface area contributed by atoms with Crippen molar-refractivity contribution in [2.24, 2.45) is 17.7 Å². The van der Waals surface area contributed by atoms with Gasteiger partial charge in [-0.1, -0.05) is 26.7 Å². The lowest BCUT2D eigenvalue weighted by Gasteiger charge is -2.32. The van der Waals surface area contributed by atoms with Gasteiger partial charge >= 0.3 is 0 Å². The maximum Gasteiger partial charge on any atom is 0.0640 e. The van der Waals surface area contributed by atoms with Gasteiger partial charge in [0.2, 0.25) is 0 Å². The zero-order valence-corrected chi connectivity index (χ0v) is 13.2. The number of nitrogens with zero attached hydrogens (tertiary/aromatic N) is 2. The molecular weight excluding hydrogens is 248 g/mol. The molecule has 0 spiro atoms. The van der Waals surface area contributed by atoms with Crippen LogP contribution in [0.2, 0.25) is 0 Å². The van der Waals surface area contributed by atoms with Crippen LogP contribution in [0.15, 0.2) is 12.3 Å². The Balaban J connectivity index is 1.94. The van der Waals surface area contributed by atoms with Crippen molar-refractivity contribution in [3.05, 3.63) is 18.0 Å². The van der Waals surface area contributed by atoms with Crippen LogP contribution in [0.3, 0.4) is 0 Å². The van der Waals surface area contributed by atoms with Gasteiger partial charge in [0.25, 0.3) is 0 Å². The zero-order valence-electron chi connectivity index (χ0n) is 13.2. The highest BCUT2D eigenvalue weighted by atomic mass is 15.3. The Kier molecular flexibility index (Phi) is 5.61. The Morgan fingerprint density at radius 1 is 1.40 bits per heavy atom. The first kappa shape index (κ1) is 15.5. The Bertz CT molecular complexity index is 393. The van der Waals surface area contributed by atoms with E-state index >= 15 is 0 Å². The van der Waals surface area contributed by atoms with Gasteiger partial charge in [-0.05, 0) is 44.1 Å². The van der Waals surface area contributed by atoms with Gasteiger partial charge in [-0.15, -0.1) is 0 Å². The van der Waals surface area contributed by atoms with Crippen LogP contribution in [-0.4, -0.2) is 15.8 Å². The second kappa shape index (κ2) is 7.23. The Labute approximate surface area is 123 Å². The van der Waals surface area contributed by atoms with Crippen LogP contribution in [0.5, 0.6) is 0 Å². The fourth-order valence-electron chi connectivity index (χ4n) is 3.19. The first-order valence-corrected chi connectivity index (χ1v) is 8.14. The molecule has 1 heterocycles. The highest BCUT2D eigenvalue weighted by Gasteiger charge is 2.26. The van der Waals surface area contributed by atoms with Gasteiger partial charge in [0.15, 0.2) is 0 Å². The molecule has 1 aliphatic rings. The van der Waals surface area contributed by atoms with E-state index in [9.17, 15) is 0 Å². The van der Waals surface area contributed by atoms with Crippen molar-refractivity contribution in [1.29, 1.82) is 0 Å². The molecule has 1 aromatic heterocycles. The van der Waals surface area contributed by atoms with E-state index in [1.165, 1.54) is 25.7 Å². The first-order valence-electron chi connectivity index (χ1n) is 8.14. The van der Waals surface area contributed by atoms with E-state index in [-0.39, 0.29) is 0 Å². The minimum absolute atomic E-state index is 0.364. The van der Waals surface area contributed by atoms with Crippen LogP contribution in [-0.2, 0) is 6.42 Å². The summed E-state index contributed by atoms with van der Waals surface area (Å²) in [5, 5.41) is 4.70. The molecule has 4 nitrogen and oxygen atoms in total. The number of nitrogens with two attached hydrogens (primary N) is 1. The molecule has 2 rings (SSSR count). The van der Waals surface area contributed by atoms with Gasteiger partial charge in [-0.3, -0.25) is 16.0 Å². The van der Waals surface area contributed by atoms with Crippen molar-refractivity contribution in [3.63, 3.8) is 0 Å². The SMILES string of the molecule is CCC(C)n1ccc(CC(NN)C2CCC(C)CC2)n1. The second-order valence-corrected chi connectivity index (χ2v) is 6.54. The summed E-state index contributed by atoms with van der Waals surface area (Å²) in [5.41, 5.74) is 4.20. The summed E-state index contributed by atoms with van der Waals surface area (Å²) in [6.45, 7) is 6.76. The number of hydrogen-bond donors (Lipinski definition) is 2. The molecule has 1 aliphatic carbocycles. The standard InChI is InChI=1S/C16H30N4/c1-4-13(3)20-10-9-15(19-20)11-16(18-17)14-7-5-12(2)6-8-14/h9-10,12-14,16,18H,4-8,11,17H2,1-3H3. The molecule has 3 N–H and O–H groups in total. The lowest BCUT2D eigenvalue weighted by molar-refractivity contribution is 0.228. The number of hydrogen-bond acceptors (Lipinski definition) is 3. The Hall–Kier alpha value is -0.870. The molecule has 2 unspecified atom stereocenters. The Morgan fingerprint density at radius 3 is 2.70 bits per heavy atom. The normalized spacial score (nSPS) is 26.4. The van der Waals surface area contributed by atoms with Gasteiger partial charge in [0, 0.05) is 24.7 Å². The highest BCUT2D eigenvalue weighted by molar-refractivity contribution is 5.03. The molecule has 0 radical (unpaired) electrons. The molecule has 1 aromatic rings. The van der Waals surface area contributed by atoms with Crippen LogP contribution in [0.25, 0.3) is 0 Å². The van der Waals surface area contributed by atoms with E-state index in [0.717, 1.165) is 24.5 Å². The third-order valence-corrected chi connectivity index (χ3v) is 4.98. The largest absolute Gasteiger partial charge is 0.271 e. The summed E-state index contributed by atoms with van der Waals surface area (Å²) >= 11 is 0. The van der Waals surface area contributed by atoms with E-state index in [1.54, 1.807) is 0 Å². The lowest BCUT2D eigenvalue weighted by atomic mass is 9.78. The van der Waals surface area contributed by atoms with Crippen LogP contribution < -0.4 is 11.3 Å². The average Bonchev–Trinajstić information content (AvgIpc) is 2.93. The summed E-state index contributed by atoms with van der Waals surface area (Å²) in [4.78, 5) is 0. The maximum absolute atomic E-state index is 5.79. The molecule has 2 atom stereocenters. The molecule has 0 aliphatic heterocycles. The minimum atomic E-state index is 0.364. The smallest absolute Gasteiger partial charge is 0.0640 e. The van der Waals surface area contributed by atoms with Crippen molar-refractivity contribution < 1.29 is 0 Å². The van der Waals surface area contributed by atoms with Crippen molar-refractivity contribution in [2.75, 3.05) is 0 Å². The fraction of sp³-hybridized carbons (Fsp3) is 0.812. The summed E-state index contributed by atoms with van der Waals surface area (Å²) in [6.07, 6.45) is 9.41. The van der Waals surface area contributed by atoms with Crippen molar-refractivity contribution in [1.82, 2.24) is 15.2 Å². The third kappa shape index (κ3) is 3.83. The highest BCUT2D eigenvalue weighted by Crippen LogP contribution is 2.31. The molecule has 20 heavy (non-hydrogen) atoms. The average molecular weight is 278 g/mol. The minimum Gasteiger partial charge on any atom is -0.271 e. The third-order valence-electron chi connectivity index (χ3n) is 4.98. The summed E-state index contributed by atoms with van der Waals surface area (Å²) in [5.74, 6) is 7.38. The molecule has 0 saturated heterocycles. The maximum atomic E-state index is 5.79. The second-order valence-electron chi connectivity index (χ2n) is 6.54. The van der Waals surface area contributed by atoms with Crippen molar-refractivity contribution in [2.45, 2.75) is 71.4 Å². The van der Waals surface area contributed by atoms with Crippen LogP contribution >= 0.6 is 0 Å². The van der Waals surface area contributed by atoms with E-state index in [0.29, 0.717) is 18.0 Å². The molecule has 4 heteroatoms. The molecular formula is C16H30N4. The molecule has 1 fully saturated rings. The van der Waals surface area contributed by atoms with Crippen molar-refractivity contribution in [3.8, 4) is 0 Å². The number of aromatic nitrogens is 2. The van der Waals surface area contributed by atoms with Crippen LogP contribution in [0, 0.1) is 11.8 Å². The number of rotatable bonds is 6. The molecule has 0 amide bonds. The summed E-state index contributed by atoms with van der Waals surface area (Å²) < 4.78 is 2.08. The molecule has 114 valence electrons. The van der Waals surface area contributed by atoms with E-state index in [4.69, 9.17) is 10.9 Å². The quantitative estimate of drug-likeness (QED) is 0.621.